The lowest BCUT2D eigenvalue weighted by atomic mass is 10.4. The van der Waals surface area contributed by atoms with Crippen LogP contribution in [0.1, 0.15) is 5.82 Å². The largest absolute Gasteiger partial charge is 0.481 e. The first kappa shape index (κ1) is 8.19. The number of aryl methyl sites for hydroxylation is 1. The normalized spacial score (nSPS) is 10.0. The summed E-state index contributed by atoms with van der Waals surface area (Å²) in [5.41, 5.74) is 0. The molecule has 0 bridgehead atoms. The Morgan fingerprint density at radius 2 is 2.45 bits per heavy atom. The zero-order chi connectivity index (χ0) is 8.43. The molecule has 0 radical (unpaired) electrons. The number of aliphatic carboxylic acids is 1. The first-order chi connectivity index (χ1) is 5.09. The van der Waals surface area contributed by atoms with Gasteiger partial charge in [0.1, 0.15) is 12.2 Å². The molecule has 0 unspecified atom stereocenters. The lowest BCUT2D eigenvalue weighted by molar-refractivity contribution is -0.136. The third kappa shape index (κ3) is 2.01. The van der Waals surface area contributed by atoms with Crippen molar-refractivity contribution in [1.29, 1.82) is 0 Å². The van der Waals surface area contributed by atoms with Crippen molar-refractivity contribution < 1.29 is 9.90 Å². The molecule has 0 aliphatic carbocycles. The molecule has 1 heterocycles. The zero-order valence-corrected chi connectivity index (χ0v) is 7.37. The van der Waals surface area contributed by atoms with E-state index in [1.165, 1.54) is 4.68 Å². The molecule has 1 rings (SSSR count). The molecule has 0 aliphatic heterocycles. The van der Waals surface area contributed by atoms with Gasteiger partial charge in [-0.2, -0.15) is 0 Å². The van der Waals surface area contributed by atoms with E-state index in [4.69, 9.17) is 5.11 Å². The third-order valence-corrected chi connectivity index (χ3v) is 1.47. The molecule has 6 heteroatoms. The monoisotopic (exact) mass is 219 g/mol. The summed E-state index contributed by atoms with van der Waals surface area (Å²) in [5, 5.41) is 12.2. The van der Waals surface area contributed by atoms with Crippen molar-refractivity contribution in [2.24, 2.45) is 7.05 Å². The number of aromatic nitrogens is 3. The van der Waals surface area contributed by atoms with E-state index in [0.29, 0.717) is 10.6 Å². The van der Waals surface area contributed by atoms with Gasteiger partial charge in [-0.3, -0.25) is 9.48 Å². The third-order valence-electron chi connectivity index (χ3n) is 1.14. The molecule has 0 spiro atoms. The molecule has 5 nitrogen and oxygen atoms in total. The first-order valence-electron chi connectivity index (χ1n) is 2.87. The van der Waals surface area contributed by atoms with Gasteiger partial charge in [0.2, 0.25) is 4.73 Å². The van der Waals surface area contributed by atoms with Crippen LogP contribution in [-0.2, 0) is 18.3 Å². The maximum Gasteiger partial charge on any atom is 0.311 e. The summed E-state index contributed by atoms with van der Waals surface area (Å²) < 4.78 is 1.84. The van der Waals surface area contributed by atoms with Crippen LogP contribution < -0.4 is 0 Å². The Morgan fingerprint density at radius 3 is 2.82 bits per heavy atom. The Hall–Kier alpha value is -0.910. The molecule has 1 aromatic heterocycles. The van der Waals surface area contributed by atoms with Crippen LogP contribution in [0.4, 0.5) is 0 Å². The van der Waals surface area contributed by atoms with Crippen molar-refractivity contribution in [3.63, 3.8) is 0 Å². The molecule has 0 saturated heterocycles. The molecule has 1 aromatic rings. The maximum atomic E-state index is 10.2. The van der Waals surface area contributed by atoms with Crippen molar-refractivity contribution in [2.45, 2.75) is 6.42 Å². The Bertz CT molecular complexity index is 283. The van der Waals surface area contributed by atoms with Crippen LogP contribution in [0, 0.1) is 0 Å². The van der Waals surface area contributed by atoms with Crippen molar-refractivity contribution in [1.82, 2.24) is 14.8 Å². The summed E-state index contributed by atoms with van der Waals surface area (Å²) in [5.74, 6) is -0.475. The summed E-state index contributed by atoms with van der Waals surface area (Å²) >= 11 is 3.04. The topological polar surface area (TPSA) is 68.0 Å². The molecule has 0 fully saturated rings. The summed E-state index contributed by atoms with van der Waals surface area (Å²) in [6, 6.07) is 0. The number of carboxylic acids is 1. The highest BCUT2D eigenvalue weighted by Gasteiger charge is 2.08. The second kappa shape index (κ2) is 3.00. The van der Waals surface area contributed by atoms with Crippen LogP contribution in [-0.4, -0.2) is 25.8 Å². The lowest BCUT2D eigenvalue weighted by Crippen LogP contribution is -2.06. The van der Waals surface area contributed by atoms with Crippen LogP contribution in [0.3, 0.4) is 0 Å². The van der Waals surface area contributed by atoms with Gasteiger partial charge >= 0.3 is 5.97 Å². The summed E-state index contributed by atoms with van der Waals surface area (Å²) in [6.07, 6.45) is -0.102. The first-order valence-corrected chi connectivity index (χ1v) is 3.66. The number of carbonyl (C=O) groups is 1. The van der Waals surface area contributed by atoms with E-state index in [9.17, 15) is 4.79 Å². The van der Waals surface area contributed by atoms with Gasteiger partial charge in [-0.15, -0.1) is 5.10 Å². The minimum atomic E-state index is -0.909. The molecule has 0 amide bonds. The Balaban J connectivity index is 2.85. The van der Waals surface area contributed by atoms with E-state index in [1.54, 1.807) is 7.05 Å². The summed E-state index contributed by atoms with van der Waals surface area (Å²) in [4.78, 5) is 14.1. The molecule has 11 heavy (non-hydrogen) atoms. The van der Waals surface area contributed by atoms with Crippen LogP contribution in [0.25, 0.3) is 0 Å². The van der Waals surface area contributed by atoms with Crippen molar-refractivity contribution in [3.05, 3.63) is 10.6 Å². The number of hydrogen-bond donors (Lipinski definition) is 1. The van der Waals surface area contributed by atoms with E-state index in [-0.39, 0.29) is 6.42 Å². The summed E-state index contributed by atoms with van der Waals surface area (Å²) in [6.45, 7) is 0. The lowest BCUT2D eigenvalue weighted by Gasteiger charge is -1.92. The van der Waals surface area contributed by atoms with E-state index in [1.807, 2.05) is 0 Å². The van der Waals surface area contributed by atoms with Gasteiger partial charge < -0.3 is 5.11 Å². The maximum absolute atomic E-state index is 10.2. The highest BCUT2D eigenvalue weighted by molar-refractivity contribution is 9.10. The Morgan fingerprint density at radius 1 is 1.82 bits per heavy atom. The molecule has 0 saturated carbocycles. The van der Waals surface area contributed by atoms with Crippen molar-refractivity contribution in [3.8, 4) is 0 Å². The average molecular weight is 220 g/mol. The number of hydrogen-bond acceptors (Lipinski definition) is 3. The SMILES string of the molecule is Cn1nc(Br)nc1CC(=O)O. The molecule has 0 aliphatic rings. The van der Waals surface area contributed by atoms with Gasteiger partial charge in [0.15, 0.2) is 0 Å². The fourth-order valence-electron chi connectivity index (χ4n) is 0.672. The second-order valence-electron chi connectivity index (χ2n) is 1.99. The molecular formula is C5H6BrN3O2. The minimum Gasteiger partial charge on any atom is -0.481 e. The van der Waals surface area contributed by atoms with Crippen LogP contribution in [0.15, 0.2) is 4.73 Å². The van der Waals surface area contributed by atoms with Crippen LogP contribution in [0.2, 0.25) is 0 Å². The molecule has 0 atom stereocenters. The minimum absolute atomic E-state index is 0.102. The van der Waals surface area contributed by atoms with Gasteiger partial charge in [0.05, 0.1) is 0 Å². The number of halogens is 1. The number of rotatable bonds is 2. The van der Waals surface area contributed by atoms with Gasteiger partial charge in [-0.25, -0.2) is 4.98 Å². The van der Waals surface area contributed by atoms with Crippen molar-refractivity contribution >= 4 is 21.9 Å². The summed E-state index contributed by atoms with van der Waals surface area (Å²) in [7, 11) is 1.65. The number of carboxylic acid groups (broad SMARTS) is 1. The molecular weight excluding hydrogens is 214 g/mol. The van der Waals surface area contributed by atoms with E-state index < -0.39 is 5.97 Å². The standard InChI is InChI=1S/C5H6BrN3O2/c1-9-3(2-4(10)11)7-5(6)8-9/h2H2,1H3,(H,10,11). The Labute approximate surface area is 71.2 Å². The average Bonchev–Trinajstić information content (AvgIpc) is 2.09. The quantitative estimate of drug-likeness (QED) is 0.773. The fraction of sp³-hybridized carbons (Fsp3) is 0.400. The van der Waals surface area contributed by atoms with Crippen LogP contribution >= 0.6 is 15.9 Å². The van der Waals surface area contributed by atoms with Gasteiger partial charge in [-0.05, 0) is 15.9 Å². The predicted molar refractivity (Wildman–Crippen MR) is 40.0 cm³/mol. The van der Waals surface area contributed by atoms with E-state index in [0.717, 1.165) is 0 Å². The highest BCUT2D eigenvalue weighted by Crippen LogP contribution is 2.03. The van der Waals surface area contributed by atoms with E-state index in [2.05, 4.69) is 26.0 Å². The van der Waals surface area contributed by atoms with Gasteiger partial charge in [-0.1, -0.05) is 0 Å². The van der Waals surface area contributed by atoms with Gasteiger partial charge in [0, 0.05) is 7.05 Å². The Kier molecular flexibility index (Phi) is 2.23. The smallest absolute Gasteiger partial charge is 0.311 e. The molecule has 0 aromatic carbocycles. The molecule has 1 N–H and O–H groups in total. The number of nitrogens with zero attached hydrogens (tertiary/aromatic N) is 3. The van der Waals surface area contributed by atoms with E-state index >= 15 is 0 Å². The van der Waals surface area contributed by atoms with Gasteiger partial charge in [0.25, 0.3) is 0 Å². The molecule has 60 valence electrons. The van der Waals surface area contributed by atoms with Crippen LogP contribution in [0.5, 0.6) is 0 Å². The predicted octanol–water partition coefficient (Wildman–Crippen LogP) is 0.205. The van der Waals surface area contributed by atoms with Crippen molar-refractivity contribution in [2.75, 3.05) is 0 Å². The zero-order valence-electron chi connectivity index (χ0n) is 5.78. The second-order valence-corrected chi connectivity index (χ2v) is 2.70. The highest BCUT2D eigenvalue weighted by atomic mass is 79.9. The fourth-order valence-corrected chi connectivity index (χ4v) is 1.11.